The van der Waals surface area contributed by atoms with E-state index in [1.54, 1.807) is 11.8 Å². The first-order chi connectivity index (χ1) is 9.31. The molecule has 2 aromatic carbocycles. The second-order valence-corrected chi connectivity index (χ2v) is 5.63. The van der Waals surface area contributed by atoms with Crippen molar-refractivity contribution in [2.75, 3.05) is 17.7 Å². The first-order valence-electron chi connectivity index (χ1n) is 6.56. The lowest BCUT2D eigenvalue weighted by atomic mass is 9.96. The van der Waals surface area contributed by atoms with Crippen LogP contribution in [0, 0.1) is 0 Å². The zero-order valence-electron chi connectivity index (χ0n) is 11.0. The molecule has 0 amide bonds. The summed E-state index contributed by atoms with van der Waals surface area (Å²) in [4.78, 5) is 3.71. The molecule has 0 aliphatic carbocycles. The van der Waals surface area contributed by atoms with Crippen LogP contribution in [-0.2, 0) is 0 Å². The third-order valence-electron chi connectivity index (χ3n) is 3.67. The number of anilines is 2. The number of fused-ring (bicyclic) bond motifs is 1. The smallest absolute Gasteiger partial charge is 0.0548 e. The molecule has 1 heterocycles. The molecule has 0 saturated carbocycles. The minimum Gasteiger partial charge on any atom is -0.340 e. The van der Waals surface area contributed by atoms with Crippen molar-refractivity contribution in [3.63, 3.8) is 0 Å². The van der Waals surface area contributed by atoms with Crippen molar-refractivity contribution in [2.45, 2.75) is 17.4 Å². The van der Waals surface area contributed by atoms with Gasteiger partial charge in [-0.05, 0) is 36.4 Å². The van der Waals surface area contributed by atoms with Gasteiger partial charge in [0.15, 0.2) is 0 Å². The predicted octanol–water partition coefficient (Wildman–Crippen LogP) is 3.95. The standard InChI is InChI=1S/C16H18N2S/c1-19-16-9-5-4-8-15(16)18-11-10-13(17)12-6-2-3-7-14(12)18/h2-9,13H,10-11,17H2,1H3. The molecule has 0 saturated heterocycles. The summed E-state index contributed by atoms with van der Waals surface area (Å²) in [7, 11) is 0. The lowest BCUT2D eigenvalue weighted by Gasteiger charge is -2.35. The van der Waals surface area contributed by atoms with Crippen molar-refractivity contribution in [3.05, 3.63) is 54.1 Å². The molecule has 19 heavy (non-hydrogen) atoms. The van der Waals surface area contributed by atoms with E-state index in [-0.39, 0.29) is 6.04 Å². The highest BCUT2D eigenvalue weighted by atomic mass is 32.2. The normalized spacial score (nSPS) is 18.2. The number of para-hydroxylation sites is 2. The molecule has 0 radical (unpaired) electrons. The van der Waals surface area contributed by atoms with E-state index < -0.39 is 0 Å². The number of rotatable bonds is 2. The van der Waals surface area contributed by atoms with E-state index >= 15 is 0 Å². The van der Waals surface area contributed by atoms with Gasteiger partial charge in [-0.1, -0.05) is 30.3 Å². The van der Waals surface area contributed by atoms with Gasteiger partial charge in [0.2, 0.25) is 0 Å². The summed E-state index contributed by atoms with van der Waals surface area (Å²) in [6.45, 7) is 0.982. The molecular weight excluding hydrogens is 252 g/mol. The monoisotopic (exact) mass is 270 g/mol. The second-order valence-electron chi connectivity index (χ2n) is 4.78. The molecule has 1 unspecified atom stereocenters. The zero-order chi connectivity index (χ0) is 13.2. The van der Waals surface area contributed by atoms with Gasteiger partial charge in [-0.25, -0.2) is 0 Å². The number of benzene rings is 2. The minimum absolute atomic E-state index is 0.161. The number of thioether (sulfide) groups is 1. The molecule has 3 rings (SSSR count). The van der Waals surface area contributed by atoms with Crippen LogP contribution in [0.3, 0.4) is 0 Å². The van der Waals surface area contributed by atoms with Gasteiger partial charge in [-0.3, -0.25) is 0 Å². The highest BCUT2D eigenvalue weighted by Crippen LogP contribution is 2.40. The molecule has 2 N–H and O–H groups in total. The molecule has 2 aromatic rings. The highest BCUT2D eigenvalue weighted by Gasteiger charge is 2.24. The largest absolute Gasteiger partial charge is 0.340 e. The maximum absolute atomic E-state index is 6.23. The Morgan fingerprint density at radius 3 is 2.53 bits per heavy atom. The van der Waals surface area contributed by atoms with Crippen molar-refractivity contribution >= 4 is 23.1 Å². The Hall–Kier alpha value is -1.45. The summed E-state index contributed by atoms with van der Waals surface area (Å²) < 4.78 is 0. The fourth-order valence-corrected chi connectivity index (χ4v) is 3.30. The van der Waals surface area contributed by atoms with Gasteiger partial charge in [0.25, 0.3) is 0 Å². The van der Waals surface area contributed by atoms with Crippen molar-refractivity contribution in [2.24, 2.45) is 5.73 Å². The molecular formula is C16H18N2S. The quantitative estimate of drug-likeness (QED) is 0.838. The molecule has 1 atom stereocenters. The van der Waals surface area contributed by atoms with E-state index in [1.165, 1.54) is 21.8 Å². The van der Waals surface area contributed by atoms with Crippen LogP contribution in [0.2, 0.25) is 0 Å². The summed E-state index contributed by atoms with van der Waals surface area (Å²) in [6, 6.07) is 17.2. The van der Waals surface area contributed by atoms with Gasteiger partial charge in [0, 0.05) is 23.2 Å². The van der Waals surface area contributed by atoms with Crippen LogP contribution in [0.25, 0.3) is 0 Å². The summed E-state index contributed by atoms with van der Waals surface area (Å²) in [5, 5.41) is 0. The van der Waals surface area contributed by atoms with Gasteiger partial charge in [0.1, 0.15) is 0 Å². The molecule has 0 aromatic heterocycles. The average Bonchev–Trinajstić information content (AvgIpc) is 2.48. The van der Waals surface area contributed by atoms with Crippen molar-refractivity contribution in [3.8, 4) is 0 Å². The van der Waals surface area contributed by atoms with Crippen LogP contribution in [0.1, 0.15) is 18.0 Å². The lowest BCUT2D eigenvalue weighted by molar-refractivity contribution is 0.623. The molecule has 0 spiro atoms. The molecule has 3 heteroatoms. The van der Waals surface area contributed by atoms with Gasteiger partial charge in [-0.15, -0.1) is 11.8 Å². The summed E-state index contributed by atoms with van der Waals surface area (Å²) >= 11 is 1.79. The van der Waals surface area contributed by atoms with Crippen molar-refractivity contribution in [1.82, 2.24) is 0 Å². The Morgan fingerprint density at radius 1 is 1.05 bits per heavy atom. The van der Waals surface area contributed by atoms with E-state index in [0.717, 1.165) is 13.0 Å². The lowest BCUT2D eigenvalue weighted by Crippen LogP contribution is -2.30. The fourth-order valence-electron chi connectivity index (χ4n) is 2.69. The third-order valence-corrected chi connectivity index (χ3v) is 4.45. The topological polar surface area (TPSA) is 29.3 Å². The van der Waals surface area contributed by atoms with Crippen LogP contribution in [0.4, 0.5) is 11.4 Å². The Labute approximate surface area is 118 Å². The van der Waals surface area contributed by atoms with Crippen LogP contribution in [0.15, 0.2) is 53.4 Å². The van der Waals surface area contributed by atoms with Gasteiger partial charge in [-0.2, -0.15) is 0 Å². The average molecular weight is 270 g/mol. The van der Waals surface area contributed by atoms with Gasteiger partial charge < -0.3 is 10.6 Å². The summed E-state index contributed by atoms with van der Waals surface area (Å²) in [6.07, 6.45) is 3.13. The number of nitrogens with two attached hydrogens (primary N) is 1. The molecule has 2 nitrogen and oxygen atoms in total. The molecule has 0 fully saturated rings. The Morgan fingerprint density at radius 2 is 1.74 bits per heavy atom. The Kier molecular flexibility index (Phi) is 3.49. The predicted molar refractivity (Wildman–Crippen MR) is 83.2 cm³/mol. The Balaban J connectivity index is 2.10. The SMILES string of the molecule is CSc1ccccc1N1CCC(N)c2ccccc21. The highest BCUT2D eigenvalue weighted by molar-refractivity contribution is 7.98. The number of hydrogen-bond acceptors (Lipinski definition) is 3. The van der Waals surface area contributed by atoms with E-state index in [9.17, 15) is 0 Å². The van der Waals surface area contributed by atoms with E-state index in [2.05, 4.69) is 59.7 Å². The van der Waals surface area contributed by atoms with E-state index in [4.69, 9.17) is 5.73 Å². The molecule has 0 bridgehead atoms. The number of nitrogens with zero attached hydrogens (tertiary/aromatic N) is 1. The van der Waals surface area contributed by atoms with Crippen molar-refractivity contribution < 1.29 is 0 Å². The maximum atomic E-state index is 6.23. The maximum Gasteiger partial charge on any atom is 0.0548 e. The summed E-state index contributed by atoms with van der Waals surface area (Å²) in [5.41, 5.74) is 10.0. The van der Waals surface area contributed by atoms with Gasteiger partial charge >= 0.3 is 0 Å². The second kappa shape index (κ2) is 5.27. The van der Waals surface area contributed by atoms with Crippen LogP contribution >= 0.6 is 11.8 Å². The summed E-state index contributed by atoms with van der Waals surface area (Å²) in [5.74, 6) is 0. The van der Waals surface area contributed by atoms with Crippen molar-refractivity contribution in [1.29, 1.82) is 0 Å². The van der Waals surface area contributed by atoms with E-state index in [0.29, 0.717) is 0 Å². The first-order valence-corrected chi connectivity index (χ1v) is 7.79. The zero-order valence-corrected chi connectivity index (χ0v) is 11.9. The molecule has 98 valence electrons. The fraction of sp³-hybridized carbons (Fsp3) is 0.250. The number of hydrogen-bond donors (Lipinski definition) is 1. The van der Waals surface area contributed by atoms with Crippen LogP contribution in [0.5, 0.6) is 0 Å². The third kappa shape index (κ3) is 2.24. The van der Waals surface area contributed by atoms with Crippen LogP contribution in [-0.4, -0.2) is 12.8 Å². The van der Waals surface area contributed by atoms with E-state index in [1.807, 2.05) is 0 Å². The minimum atomic E-state index is 0.161. The Bertz CT molecular complexity index is 582. The van der Waals surface area contributed by atoms with Gasteiger partial charge in [0.05, 0.1) is 5.69 Å². The first kappa shape index (κ1) is 12.6. The molecule has 1 aliphatic heterocycles. The van der Waals surface area contributed by atoms with Crippen LogP contribution < -0.4 is 10.6 Å². The molecule has 1 aliphatic rings.